The molecular weight excluding hydrogens is 516 g/mol. The molecule has 0 fully saturated rings. The van der Waals surface area contributed by atoms with Gasteiger partial charge in [0.1, 0.15) is 12.7 Å². The fourth-order valence-corrected chi connectivity index (χ4v) is 3.86. The van der Waals surface area contributed by atoms with E-state index in [1.807, 2.05) is 48.5 Å². The quantitative estimate of drug-likeness (QED) is 0.208. The Labute approximate surface area is 233 Å². The van der Waals surface area contributed by atoms with Crippen molar-refractivity contribution in [2.45, 2.75) is 45.3 Å². The van der Waals surface area contributed by atoms with Crippen LogP contribution in [0.2, 0.25) is 0 Å². The highest BCUT2D eigenvalue weighted by atomic mass is 16.6. The van der Waals surface area contributed by atoms with Crippen LogP contribution in [0.4, 0.5) is 5.69 Å². The monoisotopic (exact) mass is 550 g/mol. The van der Waals surface area contributed by atoms with Gasteiger partial charge in [0.25, 0.3) is 0 Å². The Morgan fingerprint density at radius 1 is 0.925 bits per heavy atom. The Morgan fingerprint density at radius 3 is 2.42 bits per heavy atom. The van der Waals surface area contributed by atoms with E-state index in [0.29, 0.717) is 38.8 Å². The molecule has 0 saturated carbocycles. The molecule has 10 heteroatoms. The summed E-state index contributed by atoms with van der Waals surface area (Å²) >= 11 is 0. The SMILES string of the molecule is CC(O)C(=O)OCC(=O)OCCOCCNC(=O)CCCCC(=O)N1Cc2ccccc2C#Cc2ccccc21. The number of fused-ring (bicyclic) bond motifs is 2. The van der Waals surface area contributed by atoms with Crippen LogP contribution in [-0.4, -0.2) is 67.9 Å². The highest BCUT2D eigenvalue weighted by molar-refractivity contribution is 5.95. The number of anilines is 1. The Balaban J connectivity index is 1.30. The maximum Gasteiger partial charge on any atom is 0.344 e. The van der Waals surface area contributed by atoms with Crippen LogP contribution < -0.4 is 10.2 Å². The fraction of sp³-hybridized carbons (Fsp3) is 0.400. The van der Waals surface area contributed by atoms with Gasteiger partial charge >= 0.3 is 11.9 Å². The van der Waals surface area contributed by atoms with Crippen molar-refractivity contribution >= 4 is 29.4 Å². The molecule has 0 aromatic heterocycles. The predicted octanol–water partition coefficient (Wildman–Crippen LogP) is 2.09. The Bertz CT molecular complexity index is 1250. The van der Waals surface area contributed by atoms with Gasteiger partial charge in [-0.05, 0) is 43.5 Å². The number of hydrogen-bond donors (Lipinski definition) is 2. The van der Waals surface area contributed by atoms with Crippen LogP contribution in [-0.2, 0) is 39.9 Å². The summed E-state index contributed by atoms with van der Waals surface area (Å²) in [5.74, 6) is 4.59. The molecule has 1 unspecified atom stereocenters. The number of carbonyl (C=O) groups excluding carboxylic acids is 4. The summed E-state index contributed by atoms with van der Waals surface area (Å²) in [7, 11) is 0. The lowest BCUT2D eigenvalue weighted by Crippen LogP contribution is -2.31. The first-order valence-electron chi connectivity index (χ1n) is 13.2. The molecule has 1 heterocycles. The van der Waals surface area contributed by atoms with Gasteiger partial charge in [0, 0.05) is 30.5 Å². The number of aliphatic hydroxyl groups excluding tert-OH is 1. The zero-order valence-electron chi connectivity index (χ0n) is 22.5. The second kappa shape index (κ2) is 16.0. The van der Waals surface area contributed by atoms with E-state index in [4.69, 9.17) is 14.6 Å². The first-order valence-corrected chi connectivity index (χ1v) is 13.2. The van der Waals surface area contributed by atoms with E-state index in [-0.39, 0.29) is 31.6 Å². The maximum absolute atomic E-state index is 13.2. The van der Waals surface area contributed by atoms with Gasteiger partial charge < -0.3 is 29.5 Å². The molecule has 0 bridgehead atoms. The van der Waals surface area contributed by atoms with E-state index in [1.54, 1.807) is 4.90 Å². The Morgan fingerprint density at radius 2 is 1.62 bits per heavy atom. The Hall–Kier alpha value is -4.20. The van der Waals surface area contributed by atoms with E-state index in [0.717, 1.165) is 22.4 Å². The van der Waals surface area contributed by atoms with Crippen LogP contribution in [0.1, 0.15) is 49.3 Å². The average Bonchev–Trinajstić information content (AvgIpc) is 2.94. The minimum Gasteiger partial charge on any atom is -0.461 e. The number of carbonyl (C=O) groups is 4. The van der Waals surface area contributed by atoms with E-state index in [2.05, 4.69) is 21.9 Å². The molecule has 0 radical (unpaired) electrons. The van der Waals surface area contributed by atoms with Crippen molar-refractivity contribution in [3.63, 3.8) is 0 Å². The molecule has 40 heavy (non-hydrogen) atoms. The number of benzene rings is 2. The van der Waals surface area contributed by atoms with E-state index in [9.17, 15) is 19.2 Å². The van der Waals surface area contributed by atoms with Crippen molar-refractivity contribution in [3.05, 3.63) is 65.2 Å². The third-order valence-corrected chi connectivity index (χ3v) is 5.95. The number of nitrogens with zero attached hydrogens (tertiary/aromatic N) is 1. The smallest absolute Gasteiger partial charge is 0.344 e. The van der Waals surface area contributed by atoms with Gasteiger partial charge in [-0.15, -0.1) is 0 Å². The summed E-state index contributed by atoms with van der Waals surface area (Å²) in [5.41, 5.74) is 3.51. The van der Waals surface area contributed by atoms with Crippen LogP contribution in [0.5, 0.6) is 0 Å². The fourth-order valence-electron chi connectivity index (χ4n) is 3.86. The topological polar surface area (TPSA) is 131 Å². The number of para-hydroxylation sites is 1. The zero-order chi connectivity index (χ0) is 28.7. The van der Waals surface area contributed by atoms with Crippen molar-refractivity contribution in [1.82, 2.24) is 5.32 Å². The predicted molar refractivity (Wildman–Crippen MR) is 146 cm³/mol. The first kappa shape index (κ1) is 30.3. The van der Waals surface area contributed by atoms with Crippen LogP contribution >= 0.6 is 0 Å². The van der Waals surface area contributed by atoms with Crippen LogP contribution in [0.25, 0.3) is 0 Å². The van der Waals surface area contributed by atoms with Crippen LogP contribution in [0.15, 0.2) is 48.5 Å². The molecular formula is C30H34N2O8. The summed E-state index contributed by atoms with van der Waals surface area (Å²) < 4.78 is 14.7. The summed E-state index contributed by atoms with van der Waals surface area (Å²) in [6.07, 6.45) is 0.445. The molecule has 2 aromatic carbocycles. The molecule has 0 aliphatic carbocycles. The molecule has 2 aromatic rings. The molecule has 10 nitrogen and oxygen atoms in total. The number of amides is 2. The largest absolute Gasteiger partial charge is 0.461 e. The number of rotatable bonds is 14. The van der Waals surface area contributed by atoms with Crippen molar-refractivity contribution in [2.24, 2.45) is 0 Å². The minimum absolute atomic E-state index is 0.0124. The molecule has 3 rings (SSSR count). The van der Waals surface area contributed by atoms with Gasteiger partial charge in [-0.3, -0.25) is 9.59 Å². The number of aliphatic hydroxyl groups is 1. The van der Waals surface area contributed by atoms with Crippen molar-refractivity contribution in [1.29, 1.82) is 0 Å². The van der Waals surface area contributed by atoms with Gasteiger partial charge in [-0.2, -0.15) is 0 Å². The van der Waals surface area contributed by atoms with Crippen LogP contribution in [0, 0.1) is 11.8 Å². The summed E-state index contributed by atoms with van der Waals surface area (Å²) in [6.45, 7) is 1.70. The lowest BCUT2D eigenvalue weighted by Gasteiger charge is -2.26. The molecule has 1 aliphatic heterocycles. The normalized spacial score (nSPS) is 12.4. The second-order valence-electron chi connectivity index (χ2n) is 9.08. The number of nitrogens with one attached hydrogen (secondary N) is 1. The average molecular weight is 551 g/mol. The molecule has 1 atom stereocenters. The van der Waals surface area contributed by atoms with Gasteiger partial charge in [-0.25, -0.2) is 9.59 Å². The minimum atomic E-state index is -1.31. The Kier molecular flexibility index (Phi) is 12.2. The van der Waals surface area contributed by atoms with Crippen molar-refractivity contribution in [3.8, 4) is 11.8 Å². The highest BCUT2D eigenvalue weighted by Gasteiger charge is 2.21. The van der Waals surface area contributed by atoms with E-state index < -0.39 is 24.6 Å². The third kappa shape index (κ3) is 9.84. The number of unbranched alkanes of at least 4 members (excludes halogenated alkanes) is 1. The van der Waals surface area contributed by atoms with Gasteiger partial charge in [0.05, 0.1) is 25.4 Å². The van der Waals surface area contributed by atoms with Gasteiger partial charge in [0.15, 0.2) is 6.61 Å². The molecule has 1 aliphatic rings. The number of hydrogen-bond acceptors (Lipinski definition) is 8. The van der Waals surface area contributed by atoms with Crippen LogP contribution in [0.3, 0.4) is 0 Å². The summed E-state index contributed by atoms with van der Waals surface area (Å²) in [5, 5.41) is 11.7. The third-order valence-electron chi connectivity index (χ3n) is 5.95. The second-order valence-corrected chi connectivity index (χ2v) is 9.08. The lowest BCUT2D eigenvalue weighted by atomic mass is 10.0. The van der Waals surface area contributed by atoms with Gasteiger partial charge in [0.2, 0.25) is 11.8 Å². The van der Waals surface area contributed by atoms with E-state index >= 15 is 0 Å². The van der Waals surface area contributed by atoms with Crippen molar-refractivity contribution in [2.75, 3.05) is 37.9 Å². The van der Waals surface area contributed by atoms with E-state index in [1.165, 1.54) is 6.92 Å². The summed E-state index contributed by atoms with van der Waals surface area (Å²) in [6, 6.07) is 15.4. The van der Waals surface area contributed by atoms with Crippen molar-refractivity contribution < 1.29 is 38.5 Å². The molecule has 0 spiro atoms. The number of ether oxygens (including phenoxy) is 3. The lowest BCUT2D eigenvalue weighted by molar-refractivity contribution is -0.164. The number of esters is 2. The molecule has 0 saturated heterocycles. The summed E-state index contributed by atoms with van der Waals surface area (Å²) in [4.78, 5) is 49.6. The van der Waals surface area contributed by atoms with Gasteiger partial charge in [-0.1, -0.05) is 42.2 Å². The standard InChI is InChI=1S/C30H34N2O8/c1-22(33)30(37)40-21-29(36)39-19-18-38-17-16-31-27(34)12-6-7-13-28(35)32-20-25-10-3-2-8-23(25)14-15-24-9-4-5-11-26(24)32/h2-5,8-11,22,33H,6-7,12-13,16-21H2,1H3,(H,31,34). The zero-order valence-corrected chi connectivity index (χ0v) is 22.5. The highest BCUT2D eigenvalue weighted by Crippen LogP contribution is 2.26. The molecule has 2 amide bonds. The first-order chi connectivity index (χ1) is 19.3. The molecule has 212 valence electrons. The maximum atomic E-state index is 13.2. The molecule has 2 N–H and O–H groups in total.